The highest BCUT2D eigenvalue weighted by atomic mass is 32.2. The molecule has 8 nitrogen and oxygen atoms in total. The van der Waals surface area contributed by atoms with Crippen LogP contribution in [0.2, 0.25) is 0 Å². The van der Waals surface area contributed by atoms with Crippen LogP contribution < -0.4 is 5.32 Å². The van der Waals surface area contributed by atoms with E-state index in [0.717, 1.165) is 44.9 Å². The Labute approximate surface area is 181 Å². The molecule has 0 aromatic carbocycles. The van der Waals surface area contributed by atoms with Gasteiger partial charge in [-0.05, 0) is 64.7 Å². The number of ether oxygens (including phenoxy) is 1. The largest absolute Gasteiger partial charge is 0.444 e. The van der Waals surface area contributed by atoms with Gasteiger partial charge >= 0.3 is 6.09 Å². The number of guanidine groups is 1. The van der Waals surface area contributed by atoms with E-state index in [1.54, 1.807) is 7.05 Å². The first kappa shape index (κ1) is 23.2. The molecule has 30 heavy (non-hydrogen) atoms. The summed E-state index contributed by atoms with van der Waals surface area (Å²) < 4.78 is 29.0. The molecule has 1 aliphatic carbocycles. The van der Waals surface area contributed by atoms with E-state index >= 15 is 0 Å². The molecule has 3 rings (SSSR count). The number of hydrogen-bond donors (Lipinski definition) is 1. The summed E-state index contributed by atoms with van der Waals surface area (Å²) in [5, 5.41) is 3.37. The molecule has 1 amide bonds. The fraction of sp³-hybridized carbons (Fsp3) is 0.905. The fourth-order valence-electron chi connectivity index (χ4n) is 4.26. The van der Waals surface area contributed by atoms with Crippen molar-refractivity contribution in [2.24, 2.45) is 16.8 Å². The van der Waals surface area contributed by atoms with Crippen molar-refractivity contribution in [2.45, 2.75) is 64.5 Å². The zero-order chi connectivity index (χ0) is 21.9. The average Bonchev–Trinajstić information content (AvgIpc) is 3.41. The number of likely N-dealkylation sites (tertiary alicyclic amines) is 1. The second-order valence-corrected chi connectivity index (χ2v) is 12.2. The fourth-order valence-corrected chi connectivity index (χ4v) is 6.12. The van der Waals surface area contributed by atoms with Crippen molar-refractivity contribution in [2.75, 3.05) is 44.7 Å². The number of aliphatic imine (C=N–C) groups is 1. The number of carbonyl (C=O) groups excluding carboxylic acids is 1. The normalized spacial score (nSPS) is 25.3. The van der Waals surface area contributed by atoms with Crippen molar-refractivity contribution in [3.05, 3.63) is 0 Å². The van der Waals surface area contributed by atoms with Gasteiger partial charge in [-0.25, -0.2) is 13.2 Å². The van der Waals surface area contributed by atoms with Crippen molar-refractivity contribution in [1.29, 1.82) is 0 Å². The Morgan fingerprint density at radius 3 is 2.30 bits per heavy atom. The molecule has 2 heterocycles. The summed E-state index contributed by atoms with van der Waals surface area (Å²) in [5.74, 6) is 2.16. The molecular weight excluding hydrogens is 404 g/mol. The third-order valence-electron chi connectivity index (χ3n) is 6.07. The van der Waals surface area contributed by atoms with Crippen LogP contribution in [0.25, 0.3) is 0 Å². The predicted molar refractivity (Wildman–Crippen MR) is 118 cm³/mol. The summed E-state index contributed by atoms with van der Waals surface area (Å²) in [4.78, 5) is 21.4. The maximum atomic E-state index is 12.8. The second kappa shape index (κ2) is 9.32. The van der Waals surface area contributed by atoms with Gasteiger partial charge in [0.1, 0.15) is 5.60 Å². The third-order valence-corrected chi connectivity index (χ3v) is 7.91. The number of nitrogens with one attached hydrogen (secondary N) is 1. The SMILES string of the molecule is CN=C(NCC1CCS(=O)(=O)C1)N1CCC(N(CC2CC2)C(=O)OC(C)(C)C)CC1. The van der Waals surface area contributed by atoms with Crippen LogP contribution in [0, 0.1) is 11.8 Å². The predicted octanol–water partition coefficient (Wildman–Crippen LogP) is 2.11. The molecule has 0 aromatic rings. The molecule has 2 saturated heterocycles. The van der Waals surface area contributed by atoms with E-state index in [9.17, 15) is 13.2 Å². The molecule has 0 spiro atoms. The van der Waals surface area contributed by atoms with Crippen LogP contribution in [-0.2, 0) is 14.6 Å². The Balaban J connectivity index is 1.51. The minimum atomic E-state index is -2.86. The Kier molecular flexibility index (Phi) is 7.20. The van der Waals surface area contributed by atoms with E-state index < -0.39 is 15.4 Å². The molecule has 172 valence electrons. The van der Waals surface area contributed by atoms with Gasteiger partial charge in [0, 0.05) is 39.3 Å². The number of hydrogen-bond acceptors (Lipinski definition) is 5. The molecule has 1 unspecified atom stereocenters. The minimum Gasteiger partial charge on any atom is -0.444 e. The van der Waals surface area contributed by atoms with Crippen molar-refractivity contribution < 1.29 is 17.9 Å². The summed E-state index contributed by atoms with van der Waals surface area (Å²) in [6.45, 7) is 8.80. The molecule has 0 bridgehead atoms. The standard InChI is InChI=1S/C21H38N4O4S/c1-21(2,3)29-20(26)25(14-16-5-6-16)18-7-10-24(11-8-18)19(22-4)23-13-17-9-12-30(27,28)15-17/h16-18H,5-15H2,1-4H3,(H,22,23). The van der Waals surface area contributed by atoms with Crippen LogP contribution in [0.15, 0.2) is 4.99 Å². The van der Waals surface area contributed by atoms with Crippen molar-refractivity contribution in [3.63, 3.8) is 0 Å². The monoisotopic (exact) mass is 442 g/mol. The van der Waals surface area contributed by atoms with Crippen molar-refractivity contribution in [1.82, 2.24) is 15.1 Å². The van der Waals surface area contributed by atoms with Gasteiger partial charge in [0.2, 0.25) is 0 Å². The van der Waals surface area contributed by atoms with Gasteiger partial charge in [-0.2, -0.15) is 0 Å². The van der Waals surface area contributed by atoms with Crippen molar-refractivity contribution >= 4 is 21.9 Å². The van der Waals surface area contributed by atoms with Gasteiger partial charge in [0.25, 0.3) is 0 Å². The zero-order valence-corrected chi connectivity index (χ0v) is 19.7. The lowest BCUT2D eigenvalue weighted by atomic mass is 10.0. The topological polar surface area (TPSA) is 91.3 Å². The molecule has 1 atom stereocenters. The first-order valence-electron chi connectivity index (χ1n) is 11.2. The Bertz CT molecular complexity index is 735. The highest BCUT2D eigenvalue weighted by Crippen LogP contribution is 2.32. The van der Waals surface area contributed by atoms with E-state index in [1.165, 1.54) is 12.8 Å². The van der Waals surface area contributed by atoms with Crippen LogP contribution >= 0.6 is 0 Å². The van der Waals surface area contributed by atoms with E-state index in [-0.39, 0.29) is 23.8 Å². The maximum Gasteiger partial charge on any atom is 0.410 e. The van der Waals surface area contributed by atoms with Crippen LogP contribution in [-0.4, -0.2) is 86.6 Å². The Hall–Kier alpha value is -1.51. The molecule has 3 fully saturated rings. The molecule has 2 aliphatic heterocycles. The average molecular weight is 443 g/mol. The number of carbonyl (C=O) groups is 1. The number of piperidine rings is 1. The summed E-state index contributed by atoms with van der Waals surface area (Å²) >= 11 is 0. The highest BCUT2D eigenvalue weighted by molar-refractivity contribution is 7.91. The molecule has 3 aliphatic rings. The van der Waals surface area contributed by atoms with E-state index in [0.29, 0.717) is 18.2 Å². The van der Waals surface area contributed by atoms with E-state index in [4.69, 9.17) is 4.74 Å². The summed E-state index contributed by atoms with van der Waals surface area (Å²) in [5.41, 5.74) is -0.487. The molecule has 9 heteroatoms. The van der Waals surface area contributed by atoms with Gasteiger partial charge in [-0.15, -0.1) is 0 Å². The lowest BCUT2D eigenvalue weighted by molar-refractivity contribution is 0.00927. The van der Waals surface area contributed by atoms with Crippen LogP contribution in [0.1, 0.15) is 52.9 Å². The van der Waals surface area contributed by atoms with Gasteiger partial charge in [0.05, 0.1) is 11.5 Å². The van der Waals surface area contributed by atoms with Gasteiger partial charge in [-0.3, -0.25) is 4.99 Å². The summed E-state index contributed by atoms with van der Waals surface area (Å²) in [6.07, 6.45) is 4.69. The molecule has 0 radical (unpaired) electrons. The quantitative estimate of drug-likeness (QED) is 0.518. The van der Waals surface area contributed by atoms with E-state index in [1.807, 2.05) is 25.7 Å². The lowest BCUT2D eigenvalue weighted by Gasteiger charge is -2.40. The van der Waals surface area contributed by atoms with Crippen LogP contribution in [0.5, 0.6) is 0 Å². The molecule has 1 N–H and O–H groups in total. The Morgan fingerprint density at radius 2 is 1.80 bits per heavy atom. The maximum absolute atomic E-state index is 12.8. The van der Waals surface area contributed by atoms with Crippen LogP contribution in [0.4, 0.5) is 4.79 Å². The third kappa shape index (κ3) is 6.75. The van der Waals surface area contributed by atoms with Gasteiger partial charge in [0.15, 0.2) is 15.8 Å². The number of amides is 1. The van der Waals surface area contributed by atoms with E-state index in [2.05, 4.69) is 15.2 Å². The minimum absolute atomic E-state index is 0.158. The number of rotatable bonds is 5. The molecule has 1 saturated carbocycles. The van der Waals surface area contributed by atoms with Crippen LogP contribution in [0.3, 0.4) is 0 Å². The number of sulfone groups is 1. The molecular formula is C21H38N4O4S. The van der Waals surface area contributed by atoms with Crippen molar-refractivity contribution in [3.8, 4) is 0 Å². The first-order valence-corrected chi connectivity index (χ1v) is 13.0. The summed E-state index contributed by atoms with van der Waals surface area (Å²) in [6, 6.07) is 0.190. The summed E-state index contributed by atoms with van der Waals surface area (Å²) in [7, 11) is -1.10. The van der Waals surface area contributed by atoms with Gasteiger partial charge in [-0.1, -0.05) is 0 Å². The Morgan fingerprint density at radius 1 is 1.13 bits per heavy atom. The highest BCUT2D eigenvalue weighted by Gasteiger charge is 2.36. The first-order chi connectivity index (χ1) is 14.1. The smallest absolute Gasteiger partial charge is 0.410 e. The number of nitrogens with zero attached hydrogens (tertiary/aromatic N) is 3. The molecule has 0 aromatic heterocycles. The van der Waals surface area contributed by atoms with Gasteiger partial charge < -0.3 is 19.9 Å². The lowest BCUT2D eigenvalue weighted by Crippen LogP contribution is -2.53. The second-order valence-electron chi connectivity index (χ2n) is 9.99. The zero-order valence-electron chi connectivity index (χ0n) is 18.9.